The summed E-state index contributed by atoms with van der Waals surface area (Å²) in [5.74, 6) is 0.511. The number of hydrogen-bond donors (Lipinski definition) is 1. The Morgan fingerprint density at radius 3 is 3.00 bits per heavy atom. The van der Waals surface area contributed by atoms with E-state index in [4.69, 9.17) is 5.73 Å². The molecule has 4 nitrogen and oxygen atoms in total. The van der Waals surface area contributed by atoms with Crippen LogP contribution in [-0.2, 0) is 6.54 Å². The quantitative estimate of drug-likeness (QED) is 0.484. The number of allylic oxidation sites excluding steroid dienone is 2. The van der Waals surface area contributed by atoms with E-state index in [2.05, 4.69) is 76.4 Å². The second-order valence-electron chi connectivity index (χ2n) is 6.07. The van der Waals surface area contributed by atoms with Crippen LogP contribution in [0.1, 0.15) is 37.1 Å². The van der Waals surface area contributed by atoms with Crippen molar-refractivity contribution in [3.8, 4) is 0 Å². The van der Waals surface area contributed by atoms with Crippen molar-refractivity contribution in [1.82, 2.24) is 9.55 Å². The maximum Gasteiger partial charge on any atom is 0.210 e. The zero-order chi connectivity index (χ0) is 19.1. The van der Waals surface area contributed by atoms with Crippen molar-refractivity contribution in [2.24, 2.45) is 10.7 Å². The minimum absolute atomic E-state index is 0.511. The third-order valence-electron chi connectivity index (χ3n) is 4.11. The average Bonchev–Trinajstić information content (AvgIpc) is 3.41. The highest BCUT2D eigenvalue weighted by Crippen LogP contribution is 2.19. The number of amidine groups is 1. The van der Waals surface area contributed by atoms with Crippen LogP contribution >= 0.6 is 22.7 Å². The number of nitrogens with two attached hydrogens (primary N) is 1. The van der Waals surface area contributed by atoms with Gasteiger partial charge in [-0.2, -0.15) is 0 Å². The molecule has 0 saturated heterocycles. The van der Waals surface area contributed by atoms with Gasteiger partial charge in [0.25, 0.3) is 0 Å². The molecule has 6 heteroatoms. The monoisotopic (exact) mass is 396 g/mol. The number of aliphatic imine (C=N–C) groups is 1. The van der Waals surface area contributed by atoms with Crippen molar-refractivity contribution in [3.05, 3.63) is 68.4 Å². The summed E-state index contributed by atoms with van der Waals surface area (Å²) in [6.07, 6.45) is 14.9. The van der Waals surface area contributed by atoms with E-state index in [-0.39, 0.29) is 0 Å². The highest BCUT2D eigenvalue weighted by molar-refractivity contribution is 7.13. The number of thiophene rings is 1. The molecule has 0 atom stereocenters. The normalized spacial score (nSPS) is 13.9. The molecule has 2 N–H and O–H groups in total. The second-order valence-corrected chi connectivity index (χ2v) is 7.94. The molecule has 3 aromatic heterocycles. The topological polar surface area (TPSA) is 56.2 Å². The molecule has 3 aromatic rings. The lowest BCUT2D eigenvalue weighted by atomic mass is 10.3. The summed E-state index contributed by atoms with van der Waals surface area (Å²) in [6, 6.07) is 4.27. The molecule has 0 aliphatic carbocycles. The molecule has 0 aromatic carbocycles. The Balaban J connectivity index is 1.83. The molecule has 3 heterocycles. The molecule has 0 aliphatic rings. The fourth-order valence-corrected chi connectivity index (χ4v) is 4.09. The number of nitrogens with zero attached hydrogens (tertiary/aromatic N) is 3. The molecule has 0 amide bonds. The third-order valence-corrected chi connectivity index (χ3v) is 5.69. The summed E-state index contributed by atoms with van der Waals surface area (Å²) in [6.45, 7) is 5.08. The van der Waals surface area contributed by atoms with Crippen molar-refractivity contribution in [3.63, 3.8) is 0 Å². The molecule has 0 saturated carbocycles. The van der Waals surface area contributed by atoms with Crippen LogP contribution in [0.3, 0.4) is 0 Å². The number of thiazole rings is 1. The summed E-state index contributed by atoms with van der Waals surface area (Å²) in [4.78, 5) is 9.79. The standard InChI is InChI=1S/C21H24N4S2/c1-3-5-6-7-8-19-16(4-2)9-11-25(19)14-18-13-17(15-27-18)20(22)24-21-23-10-12-26-21/h4,6-13,15H,3,5,14H2,1-2H3,(H2,22,23,24)/b7-6-,16-4-,19-8+. The van der Waals surface area contributed by atoms with Gasteiger partial charge >= 0.3 is 0 Å². The van der Waals surface area contributed by atoms with E-state index < -0.39 is 0 Å². The van der Waals surface area contributed by atoms with Gasteiger partial charge in [-0.05, 0) is 36.8 Å². The zero-order valence-electron chi connectivity index (χ0n) is 15.6. The predicted molar refractivity (Wildman–Crippen MR) is 118 cm³/mol. The van der Waals surface area contributed by atoms with Crippen LogP contribution in [0.15, 0.2) is 52.4 Å². The van der Waals surface area contributed by atoms with Crippen LogP contribution in [-0.4, -0.2) is 15.4 Å². The highest BCUT2D eigenvalue weighted by Gasteiger charge is 2.06. The lowest BCUT2D eigenvalue weighted by molar-refractivity contribution is 0.790. The Morgan fingerprint density at radius 2 is 2.26 bits per heavy atom. The summed E-state index contributed by atoms with van der Waals surface area (Å²) < 4.78 is 2.27. The van der Waals surface area contributed by atoms with Gasteiger partial charge in [-0.1, -0.05) is 31.6 Å². The Morgan fingerprint density at radius 1 is 1.37 bits per heavy atom. The first-order valence-electron chi connectivity index (χ1n) is 9.01. The van der Waals surface area contributed by atoms with E-state index in [9.17, 15) is 0 Å². The van der Waals surface area contributed by atoms with Gasteiger partial charge in [0.2, 0.25) is 5.13 Å². The number of hydrogen-bond acceptors (Lipinski definition) is 4. The minimum atomic E-state index is 0.511. The van der Waals surface area contributed by atoms with Crippen LogP contribution in [0, 0.1) is 0 Å². The summed E-state index contributed by atoms with van der Waals surface area (Å²) in [7, 11) is 0. The largest absolute Gasteiger partial charge is 0.383 e. The SMILES string of the molecule is C/C=c1/ccn(Cc2cc(/C(N)=N\c3nccs3)cs2)/c1=C/C=C\CCC. The van der Waals surface area contributed by atoms with E-state index in [1.807, 2.05) is 5.38 Å². The van der Waals surface area contributed by atoms with Gasteiger partial charge in [-0.25, -0.2) is 9.98 Å². The van der Waals surface area contributed by atoms with E-state index in [1.54, 1.807) is 17.5 Å². The Kier molecular flexibility index (Phi) is 6.79. The fraction of sp³-hybridized carbons (Fsp3) is 0.238. The highest BCUT2D eigenvalue weighted by atomic mass is 32.1. The van der Waals surface area contributed by atoms with E-state index in [1.165, 1.54) is 33.2 Å². The molecular weight excluding hydrogens is 372 g/mol. The number of unbranched alkanes of at least 4 members (excludes halogenated alkanes) is 1. The summed E-state index contributed by atoms with van der Waals surface area (Å²) in [5, 5.41) is 7.11. The molecule has 0 radical (unpaired) electrons. The second kappa shape index (κ2) is 9.48. The summed E-state index contributed by atoms with van der Waals surface area (Å²) in [5.41, 5.74) is 7.09. The first-order valence-corrected chi connectivity index (χ1v) is 10.8. The van der Waals surface area contributed by atoms with Gasteiger partial charge in [-0.3, -0.25) is 0 Å². The fourth-order valence-electron chi connectivity index (χ4n) is 2.70. The van der Waals surface area contributed by atoms with Crippen LogP contribution in [0.25, 0.3) is 12.2 Å². The Bertz CT molecular complexity index is 1040. The maximum absolute atomic E-state index is 6.14. The van der Waals surface area contributed by atoms with E-state index in [0.717, 1.165) is 18.5 Å². The van der Waals surface area contributed by atoms with Crippen molar-refractivity contribution >= 4 is 45.8 Å². The van der Waals surface area contributed by atoms with Crippen LogP contribution < -0.4 is 16.3 Å². The van der Waals surface area contributed by atoms with Crippen molar-refractivity contribution in [1.29, 1.82) is 0 Å². The van der Waals surface area contributed by atoms with Crippen LogP contribution in [0.2, 0.25) is 0 Å². The van der Waals surface area contributed by atoms with Crippen molar-refractivity contribution in [2.75, 3.05) is 0 Å². The van der Waals surface area contributed by atoms with Crippen LogP contribution in [0.5, 0.6) is 0 Å². The first-order chi connectivity index (χ1) is 13.2. The van der Waals surface area contributed by atoms with Crippen molar-refractivity contribution < 1.29 is 0 Å². The van der Waals surface area contributed by atoms with E-state index in [0.29, 0.717) is 11.0 Å². The molecule has 0 aliphatic heterocycles. The molecule has 0 bridgehead atoms. The molecule has 0 fully saturated rings. The van der Waals surface area contributed by atoms with Gasteiger partial charge in [0.1, 0.15) is 5.84 Å². The first kappa shape index (κ1) is 19.3. The molecular formula is C21H24N4S2. The smallest absolute Gasteiger partial charge is 0.210 e. The van der Waals surface area contributed by atoms with Gasteiger partial charge in [0.15, 0.2) is 0 Å². The molecule has 140 valence electrons. The lowest BCUT2D eigenvalue weighted by Crippen LogP contribution is -2.28. The lowest BCUT2D eigenvalue weighted by Gasteiger charge is -2.01. The van der Waals surface area contributed by atoms with Crippen molar-refractivity contribution in [2.45, 2.75) is 33.2 Å². The van der Waals surface area contributed by atoms with Crippen LogP contribution in [0.4, 0.5) is 5.13 Å². The molecule has 0 spiro atoms. The number of rotatable bonds is 7. The molecule has 0 unspecified atom stereocenters. The molecule has 27 heavy (non-hydrogen) atoms. The minimum Gasteiger partial charge on any atom is -0.383 e. The maximum atomic E-state index is 6.14. The Labute approximate surface area is 167 Å². The van der Waals surface area contributed by atoms with Gasteiger partial charge < -0.3 is 10.3 Å². The number of aromatic nitrogens is 2. The average molecular weight is 397 g/mol. The van der Waals surface area contributed by atoms with Gasteiger partial charge in [0, 0.05) is 38.9 Å². The molecule has 3 rings (SSSR count). The summed E-state index contributed by atoms with van der Waals surface area (Å²) >= 11 is 3.18. The predicted octanol–water partition coefficient (Wildman–Crippen LogP) is 4.03. The zero-order valence-corrected chi connectivity index (χ0v) is 17.3. The van der Waals surface area contributed by atoms with Gasteiger partial charge in [0.05, 0.1) is 6.54 Å². The third kappa shape index (κ3) is 5.05. The van der Waals surface area contributed by atoms with Gasteiger partial charge in [-0.15, -0.1) is 22.7 Å². The Hall–Kier alpha value is -2.44. The van der Waals surface area contributed by atoms with E-state index >= 15 is 0 Å².